The molecule has 1 fully saturated rings. The second-order valence-electron chi connectivity index (χ2n) is 9.22. The van der Waals surface area contributed by atoms with Crippen molar-refractivity contribution in [1.82, 2.24) is 9.62 Å². The van der Waals surface area contributed by atoms with Gasteiger partial charge in [-0.1, -0.05) is 18.2 Å². The van der Waals surface area contributed by atoms with E-state index in [1.807, 2.05) is 0 Å². The zero-order valence-corrected chi connectivity index (χ0v) is 21.5. The van der Waals surface area contributed by atoms with Crippen LogP contribution in [0.3, 0.4) is 0 Å². The number of carbonyl (C=O) groups excluding carboxylic acids is 1. The van der Waals surface area contributed by atoms with Gasteiger partial charge in [-0.3, -0.25) is 9.79 Å². The van der Waals surface area contributed by atoms with Crippen molar-refractivity contribution >= 4 is 33.5 Å². The predicted molar refractivity (Wildman–Crippen MR) is 135 cm³/mol. The van der Waals surface area contributed by atoms with Crippen LogP contribution < -0.4 is 10.6 Å². The van der Waals surface area contributed by atoms with E-state index < -0.39 is 44.9 Å². The Labute approximate surface area is 225 Å². The van der Waals surface area contributed by atoms with Gasteiger partial charge in [0.15, 0.2) is 0 Å². The van der Waals surface area contributed by atoms with Crippen molar-refractivity contribution in [3.63, 3.8) is 0 Å². The summed E-state index contributed by atoms with van der Waals surface area (Å²) in [7, 11) is -4.19. The molecule has 0 bridgehead atoms. The smallest absolute Gasteiger partial charge is 0.395 e. The molecule has 0 radical (unpaired) electrons. The Bertz CT molecular complexity index is 1450. The molecule has 2 aromatic carbocycles. The number of halogens is 6. The highest BCUT2D eigenvalue weighted by molar-refractivity contribution is 7.92. The number of nitrogens with zero attached hydrogens (tertiary/aromatic N) is 2. The van der Waals surface area contributed by atoms with Crippen LogP contribution in [0.15, 0.2) is 52.9 Å². The number of aliphatic hydroxyl groups excluding tert-OH is 1. The molecule has 2 aliphatic rings. The minimum atomic E-state index is -4.77. The van der Waals surface area contributed by atoms with Gasteiger partial charge in [0.1, 0.15) is 11.4 Å². The number of sulfonamides is 1. The van der Waals surface area contributed by atoms with Crippen molar-refractivity contribution in [2.45, 2.75) is 30.7 Å². The Kier molecular flexibility index (Phi) is 8.02. The maximum absolute atomic E-state index is 13.6. The Morgan fingerprint density at radius 3 is 2.38 bits per heavy atom. The average Bonchev–Trinajstić information content (AvgIpc) is 3.21. The Balaban J connectivity index is 1.50. The summed E-state index contributed by atoms with van der Waals surface area (Å²) < 4.78 is 107. The van der Waals surface area contributed by atoms with Crippen LogP contribution >= 0.6 is 0 Å². The van der Waals surface area contributed by atoms with E-state index in [1.54, 1.807) is 0 Å². The number of amides is 1. The van der Waals surface area contributed by atoms with E-state index in [0.717, 1.165) is 34.6 Å². The summed E-state index contributed by atoms with van der Waals surface area (Å²) in [6.07, 6.45) is -8.68. The molecule has 0 aromatic heterocycles. The van der Waals surface area contributed by atoms with E-state index >= 15 is 0 Å². The summed E-state index contributed by atoms with van der Waals surface area (Å²) in [6.45, 7) is -0.635. The van der Waals surface area contributed by atoms with E-state index in [0.29, 0.717) is 5.41 Å². The van der Waals surface area contributed by atoms with Crippen LogP contribution in [0.1, 0.15) is 35.1 Å². The van der Waals surface area contributed by atoms with Crippen LogP contribution in [0.2, 0.25) is 0 Å². The third-order valence-electron chi connectivity index (χ3n) is 6.57. The topological polar surface area (TPSA) is 111 Å². The standard InChI is InChI=1S/C25H24F6N4O4S/c26-24(27,28)18-3-1-2-17(14-18)21-33-22(37)23(34-21)7-10-35(11-8-23)40(38,39)13-6-16-4-5-19(32-9-12-36)15-20(16)25(29,30)31/h1-6,13-15,32,36H,7-12H2,(H,33,34,37)/b13-6+. The molecule has 2 heterocycles. The van der Waals surface area contributed by atoms with Crippen LogP contribution in [0, 0.1) is 0 Å². The zero-order valence-electron chi connectivity index (χ0n) is 20.7. The van der Waals surface area contributed by atoms with E-state index in [2.05, 4.69) is 15.6 Å². The molecule has 2 aliphatic heterocycles. The van der Waals surface area contributed by atoms with Gasteiger partial charge in [0, 0.05) is 36.3 Å². The summed E-state index contributed by atoms with van der Waals surface area (Å²) in [4.78, 5) is 17.1. The van der Waals surface area contributed by atoms with E-state index in [9.17, 15) is 39.6 Å². The lowest BCUT2D eigenvalue weighted by Crippen LogP contribution is -2.50. The summed E-state index contributed by atoms with van der Waals surface area (Å²) in [5, 5.41) is 14.6. The highest BCUT2D eigenvalue weighted by Gasteiger charge is 2.47. The quantitative estimate of drug-likeness (QED) is 0.425. The van der Waals surface area contributed by atoms with Gasteiger partial charge < -0.3 is 15.7 Å². The molecule has 0 unspecified atom stereocenters. The number of amidine groups is 1. The number of hydrogen-bond donors (Lipinski definition) is 3. The molecular formula is C25H24F6N4O4S. The van der Waals surface area contributed by atoms with Crippen molar-refractivity contribution in [3.05, 3.63) is 70.1 Å². The Morgan fingerprint density at radius 1 is 1.05 bits per heavy atom. The highest BCUT2D eigenvalue weighted by atomic mass is 32.2. The normalized spacial score (nSPS) is 18.3. The summed E-state index contributed by atoms with van der Waals surface area (Å²) in [5.74, 6) is -0.624. The van der Waals surface area contributed by atoms with Crippen LogP contribution in [-0.2, 0) is 27.2 Å². The predicted octanol–water partition coefficient (Wildman–Crippen LogP) is 3.84. The van der Waals surface area contributed by atoms with Gasteiger partial charge in [-0.15, -0.1) is 0 Å². The minimum absolute atomic E-state index is 0.0286. The first-order valence-corrected chi connectivity index (χ1v) is 13.5. The van der Waals surface area contributed by atoms with Gasteiger partial charge >= 0.3 is 12.4 Å². The fraction of sp³-hybridized carbons (Fsp3) is 0.360. The lowest BCUT2D eigenvalue weighted by atomic mass is 9.89. The molecule has 4 rings (SSSR count). The number of alkyl halides is 6. The SMILES string of the molecule is O=C1NC(c2cccc(C(F)(F)F)c2)=NC12CCN(S(=O)(=O)/C=C/c1ccc(NCCO)cc1C(F)(F)F)CC2. The van der Waals surface area contributed by atoms with Gasteiger partial charge in [0.2, 0.25) is 10.0 Å². The van der Waals surface area contributed by atoms with E-state index in [-0.39, 0.29) is 61.7 Å². The number of piperidine rings is 1. The molecule has 216 valence electrons. The number of benzene rings is 2. The number of anilines is 1. The fourth-order valence-corrected chi connectivity index (χ4v) is 5.63. The van der Waals surface area contributed by atoms with Crippen molar-refractivity contribution in [2.24, 2.45) is 4.99 Å². The summed E-state index contributed by atoms with van der Waals surface area (Å²) in [6, 6.07) is 7.52. The van der Waals surface area contributed by atoms with Crippen molar-refractivity contribution in [2.75, 3.05) is 31.6 Å². The van der Waals surface area contributed by atoms with Crippen molar-refractivity contribution < 1.29 is 44.7 Å². The van der Waals surface area contributed by atoms with Crippen LogP contribution in [0.25, 0.3) is 6.08 Å². The molecule has 0 saturated carbocycles. The van der Waals surface area contributed by atoms with Crippen molar-refractivity contribution in [3.8, 4) is 0 Å². The molecule has 8 nitrogen and oxygen atoms in total. The minimum Gasteiger partial charge on any atom is -0.395 e. The second kappa shape index (κ2) is 10.9. The third kappa shape index (κ3) is 6.31. The summed E-state index contributed by atoms with van der Waals surface area (Å²) in [5.41, 5.74) is -3.60. The average molecular weight is 591 g/mol. The molecule has 0 aliphatic carbocycles. The largest absolute Gasteiger partial charge is 0.417 e. The van der Waals surface area contributed by atoms with Gasteiger partial charge in [-0.25, -0.2) is 8.42 Å². The zero-order chi connectivity index (χ0) is 29.3. The first-order chi connectivity index (χ1) is 18.6. The Morgan fingerprint density at radius 2 is 1.75 bits per heavy atom. The number of rotatable bonds is 7. The molecule has 15 heteroatoms. The fourth-order valence-electron chi connectivity index (χ4n) is 4.45. The number of aliphatic hydroxyl groups is 1. The molecule has 0 atom stereocenters. The van der Waals surface area contributed by atoms with Gasteiger partial charge in [0.25, 0.3) is 5.91 Å². The van der Waals surface area contributed by atoms with E-state index in [4.69, 9.17) is 5.11 Å². The molecule has 3 N–H and O–H groups in total. The second-order valence-corrected chi connectivity index (χ2v) is 11.0. The van der Waals surface area contributed by atoms with Crippen LogP contribution in [0.4, 0.5) is 32.0 Å². The Hall–Kier alpha value is -3.43. The monoisotopic (exact) mass is 590 g/mol. The van der Waals surface area contributed by atoms with Crippen LogP contribution in [-0.4, -0.2) is 61.4 Å². The first kappa shape index (κ1) is 29.6. The molecular weight excluding hydrogens is 566 g/mol. The number of aliphatic imine (C=N–C) groups is 1. The van der Waals surface area contributed by atoms with Gasteiger partial charge in [-0.2, -0.15) is 30.6 Å². The molecule has 40 heavy (non-hydrogen) atoms. The number of carbonyl (C=O) groups is 1. The molecule has 2 aromatic rings. The molecule has 1 spiro atoms. The maximum atomic E-state index is 13.6. The van der Waals surface area contributed by atoms with Gasteiger partial charge in [-0.05, 0) is 48.7 Å². The van der Waals surface area contributed by atoms with E-state index in [1.165, 1.54) is 18.2 Å². The number of hydrogen-bond acceptors (Lipinski definition) is 6. The third-order valence-corrected chi connectivity index (χ3v) is 8.14. The lowest BCUT2D eigenvalue weighted by Gasteiger charge is -2.34. The molecule has 1 saturated heterocycles. The van der Waals surface area contributed by atoms with Gasteiger partial charge in [0.05, 0.1) is 17.7 Å². The first-order valence-electron chi connectivity index (χ1n) is 12.0. The number of nitrogens with one attached hydrogen (secondary N) is 2. The summed E-state index contributed by atoms with van der Waals surface area (Å²) >= 11 is 0. The van der Waals surface area contributed by atoms with Crippen LogP contribution in [0.5, 0.6) is 0 Å². The maximum Gasteiger partial charge on any atom is 0.417 e. The van der Waals surface area contributed by atoms with Crippen molar-refractivity contribution in [1.29, 1.82) is 0 Å². The lowest BCUT2D eigenvalue weighted by molar-refractivity contribution is -0.138. The molecule has 1 amide bonds. The highest BCUT2D eigenvalue weighted by Crippen LogP contribution is 2.36.